The summed E-state index contributed by atoms with van der Waals surface area (Å²) in [5.74, 6) is -0.372. The smallest absolute Gasteiger partial charge is 0.339 e. The molecule has 3 aromatic rings. The Bertz CT molecular complexity index is 1430. The van der Waals surface area contributed by atoms with Gasteiger partial charge in [-0.3, -0.25) is 4.90 Å². The summed E-state index contributed by atoms with van der Waals surface area (Å²) < 4.78 is 12.1. The predicted octanol–water partition coefficient (Wildman–Crippen LogP) is 6.24. The molecule has 1 aromatic heterocycles. The van der Waals surface area contributed by atoms with Crippen molar-refractivity contribution >= 4 is 46.2 Å². The van der Waals surface area contributed by atoms with Crippen molar-refractivity contribution in [2.24, 2.45) is 0 Å². The number of carboxylic acids is 1. The van der Waals surface area contributed by atoms with Crippen LogP contribution < -0.4 is 15.4 Å². The number of piperazine rings is 1. The van der Waals surface area contributed by atoms with Gasteiger partial charge in [0.25, 0.3) is 0 Å². The van der Waals surface area contributed by atoms with Crippen molar-refractivity contribution in [3.05, 3.63) is 81.5 Å². The molecule has 2 aliphatic heterocycles. The Kier molecular flexibility index (Phi) is 8.24. The number of halogens is 2. The van der Waals surface area contributed by atoms with Gasteiger partial charge in [0.2, 0.25) is 0 Å². The first-order valence-electron chi connectivity index (χ1n) is 13.1. The molecule has 10 heteroatoms. The number of hydrogen-bond donors (Lipinski definition) is 2. The fourth-order valence-electron chi connectivity index (χ4n) is 5.09. The van der Waals surface area contributed by atoms with Crippen LogP contribution in [0.1, 0.15) is 36.2 Å². The lowest BCUT2D eigenvalue weighted by Gasteiger charge is -2.39. The van der Waals surface area contributed by atoms with Crippen LogP contribution in [-0.2, 0) is 4.74 Å². The number of rotatable bonds is 7. The highest BCUT2D eigenvalue weighted by atomic mass is 35.5. The number of carboxylic acid groups (broad SMARTS) is 1. The number of nitrogens with two attached hydrogens (primary N) is 1. The summed E-state index contributed by atoms with van der Waals surface area (Å²) in [5, 5.41) is 10.7. The molecule has 40 heavy (non-hydrogen) atoms. The van der Waals surface area contributed by atoms with Gasteiger partial charge in [-0.2, -0.15) is 0 Å². The van der Waals surface area contributed by atoms with E-state index in [2.05, 4.69) is 40.8 Å². The maximum absolute atomic E-state index is 11.9. The van der Waals surface area contributed by atoms with E-state index >= 15 is 0 Å². The van der Waals surface area contributed by atoms with Crippen LogP contribution in [0.3, 0.4) is 0 Å². The maximum atomic E-state index is 11.9. The molecule has 0 aliphatic carbocycles. The Labute approximate surface area is 243 Å². The zero-order chi connectivity index (χ0) is 28.4. The fraction of sp³-hybridized carbons (Fsp3) is 0.333. The van der Waals surface area contributed by atoms with Crippen LogP contribution in [0.25, 0.3) is 5.57 Å². The van der Waals surface area contributed by atoms with Crippen LogP contribution in [0.15, 0.2) is 60.3 Å². The quantitative estimate of drug-likeness (QED) is 0.338. The molecule has 5 rings (SSSR count). The molecule has 0 unspecified atom stereocenters. The largest absolute Gasteiger partial charge is 0.478 e. The second-order valence-electron chi connectivity index (χ2n) is 10.7. The van der Waals surface area contributed by atoms with Gasteiger partial charge in [0.05, 0.1) is 23.4 Å². The number of nitrogen functional groups attached to an aromatic ring is 1. The molecule has 0 bridgehead atoms. The summed E-state index contributed by atoms with van der Waals surface area (Å²) in [4.78, 5) is 20.5. The molecular formula is C30H32Cl2N4O4. The van der Waals surface area contributed by atoms with Crippen molar-refractivity contribution in [3.8, 4) is 11.5 Å². The van der Waals surface area contributed by atoms with Gasteiger partial charge in [0, 0.05) is 62.0 Å². The summed E-state index contributed by atoms with van der Waals surface area (Å²) in [6, 6.07) is 14.7. The van der Waals surface area contributed by atoms with Crippen molar-refractivity contribution < 1.29 is 19.4 Å². The molecule has 0 spiro atoms. The van der Waals surface area contributed by atoms with Crippen LogP contribution in [0.5, 0.6) is 11.5 Å². The number of pyridine rings is 1. The summed E-state index contributed by atoms with van der Waals surface area (Å²) >= 11 is 12.2. The third-order valence-electron chi connectivity index (χ3n) is 7.28. The third kappa shape index (κ3) is 6.53. The molecule has 1 fully saturated rings. The van der Waals surface area contributed by atoms with Crippen molar-refractivity contribution in [2.45, 2.75) is 25.9 Å². The number of ether oxygens (including phenoxy) is 2. The van der Waals surface area contributed by atoms with Gasteiger partial charge in [0.1, 0.15) is 22.9 Å². The van der Waals surface area contributed by atoms with E-state index in [0.717, 1.165) is 49.9 Å². The SMILES string of the molecule is CC1(C)CC(c2ccc(Cl)cc2)=C(CN2CCN(c3ccc(C(=O)O)c(Oc4cnc(N)c(Cl)c4)c3)CC2)CO1. The van der Waals surface area contributed by atoms with Gasteiger partial charge in [-0.25, -0.2) is 9.78 Å². The van der Waals surface area contributed by atoms with Crippen molar-refractivity contribution in [2.75, 3.05) is 50.0 Å². The first kappa shape index (κ1) is 28.2. The first-order valence-corrected chi connectivity index (χ1v) is 13.9. The molecule has 0 radical (unpaired) electrons. The predicted molar refractivity (Wildman–Crippen MR) is 159 cm³/mol. The normalized spacial score (nSPS) is 17.6. The Balaban J connectivity index is 1.30. The molecule has 210 valence electrons. The van der Waals surface area contributed by atoms with Crippen LogP contribution >= 0.6 is 23.2 Å². The number of aromatic nitrogens is 1. The van der Waals surface area contributed by atoms with Crippen LogP contribution in [0.4, 0.5) is 11.5 Å². The van der Waals surface area contributed by atoms with Gasteiger partial charge in [-0.05, 0) is 54.8 Å². The van der Waals surface area contributed by atoms with E-state index in [1.54, 1.807) is 12.1 Å². The highest BCUT2D eigenvalue weighted by Crippen LogP contribution is 2.36. The molecule has 1 saturated heterocycles. The van der Waals surface area contributed by atoms with E-state index < -0.39 is 5.97 Å². The Hall–Kier alpha value is -3.30. The molecular weight excluding hydrogens is 551 g/mol. The number of anilines is 2. The number of aromatic carboxylic acids is 1. The number of hydrogen-bond acceptors (Lipinski definition) is 7. The zero-order valence-corrected chi connectivity index (χ0v) is 24.0. The number of carbonyl (C=O) groups is 1. The summed E-state index contributed by atoms with van der Waals surface area (Å²) in [5.41, 5.74) is 10.2. The van der Waals surface area contributed by atoms with Gasteiger partial charge < -0.3 is 25.2 Å². The summed E-state index contributed by atoms with van der Waals surface area (Å²) in [7, 11) is 0. The molecule has 0 amide bonds. The van der Waals surface area contributed by atoms with E-state index in [1.807, 2.05) is 18.2 Å². The summed E-state index contributed by atoms with van der Waals surface area (Å²) in [6.45, 7) is 8.98. The molecule has 8 nitrogen and oxygen atoms in total. The maximum Gasteiger partial charge on any atom is 0.339 e. The standard InChI is InChI=1S/C30H32Cl2N4O4/c1-30(2)15-25(19-3-5-21(31)6-4-19)20(18-39-30)17-35-9-11-36(12-10-35)22-7-8-24(29(37)38)27(13-22)40-23-14-26(32)28(33)34-16-23/h3-8,13-14,16H,9-12,15,17-18H2,1-2H3,(H2,33,34)(H,37,38). The molecule has 3 heterocycles. The van der Waals surface area contributed by atoms with E-state index in [4.69, 9.17) is 38.4 Å². The zero-order valence-electron chi connectivity index (χ0n) is 22.5. The van der Waals surface area contributed by atoms with E-state index in [0.29, 0.717) is 12.4 Å². The van der Waals surface area contributed by atoms with Gasteiger partial charge in [-0.15, -0.1) is 0 Å². The lowest BCUT2D eigenvalue weighted by Crippen LogP contribution is -2.47. The average molecular weight is 584 g/mol. The highest BCUT2D eigenvalue weighted by molar-refractivity contribution is 6.32. The van der Waals surface area contributed by atoms with E-state index in [9.17, 15) is 9.90 Å². The van der Waals surface area contributed by atoms with Crippen LogP contribution in [0, 0.1) is 0 Å². The van der Waals surface area contributed by atoms with Crippen LogP contribution in [0.2, 0.25) is 10.0 Å². The van der Waals surface area contributed by atoms with Crippen molar-refractivity contribution in [1.82, 2.24) is 9.88 Å². The second kappa shape index (κ2) is 11.7. The first-order chi connectivity index (χ1) is 19.1. The summed E-state index contributed by atoms with van der Waals surface area (Å²) in [6.07, 6.45) is 2.26. The van der Waals surface area contributed by atoms with Gasteiger partial charge >= 0.3 is 5.97 Å². The Morgan fingerprint density at radius 3 is 2.50 bits per heavy atom. The lowest BCUT2D eigenvalue weighted by molar-refractivity contribution is -0.0101. The second-order valence-corrected chi connectivity index (χ2v) is 11.5. The van der Waals surface area contributed by atoms with Crippen molar-refractivity contribution in [3.63, 3.8) is 0 Å². The molecule has 2 aromatic carbocycles. The minimum Gasteiger partial charge on any atom is -0.478 e. The minimum atomic E-state index is -1.08. The molecule has 3 N–H and O–H groups in total. The van der Waals surface area contributed by atoms with Crippen LogP contribution in [-0.4, -0.2) is 65.9 Å². The van der Waals surface area contributed by atoms with E-state index in [1.165, 1.54) is 29.0 Å². The molecule has 0 atom stereocenters. The molecule has 0 saturated carbocycles. The number of nitrogens with zero attached hydrogens (tertiary/aromatic N) is 3. The van der Waals surface area contributed by atoms with Crippen molar-refractivity contribution in [1.29, 1.82) is 0 Å². The van der Waals surface area contributed by atoms with Gasteiger partial charge in [0.15, 0.2) is 0 Å². The monoisotopic (exact) mass is 582 g/mol. The van der Waals surface area contributed by atoms with E-state index in [-0.39, 0.29) is 27.8 Å². The topological polar surface area (TPSA) is 101 Å². The lowest BCUT2D eigenvalue weighted by atomic mass is 9.87. The highest BCUT2D eigenvalue weighted by Gasteiger charge is 2.30. The average Bonchev–Trinajstić information content (AvgIpc) is 2.92. The Morgan fingerprint density at radius 2 is 1.82 bits per heavy atom. The third-order valence-corrected chi connectivity index (χ3v) is 7.83. The fourth-order valence-corrected chi connectivity index (χ4v) is 5.37. The number of benzene rings is 2. The van der Waals surface area contributed by atoms with Gasteiger partial charge in [-0.1, -0.05) is 35.3 Å². The minimum absolute atomic E-state index is 0.0530. The Morgan fingerprint density at radius 1 is 1.10 bits per heavy atom. The molecule has 2 aliphatic rings.